The first-order chi connectivity index (χ1) is 13.8. The van der Waals surface area contributed by atoms with Crippen LogP contribution in [0.3, 0.4) is 0 Å². The molecule has 1 fully saturated rings. The van der Waals surface area contributed by atoms with Crippen molar-refractivity contribution in [3.8, 4) is 5.75 Å². The maximum atomic E-state index is 14.4. The monoisotopic (exact) mass is 426 g/mol. The second-order valence-corrected chi connectivity index (χ2v) is 7.37. The Hall–Kier alpha value is -1.74. The van der Waals surface area contributed by atoms with Gasteiger partial charge in [-0.25, -0.2) is 4.39 Å². The summed E-state index contributed by atoms with van der Waals surface area (Å²) in [6, 6.07) is 9.49. The van der Waals surface area contributed by atoms with Gasteiger partial charge in [0, 0.05) is 17.5 Å². The molecular weight excluding hydrogens is 403 g/mol. The first-order valence-electron chi connectivity index (χ1n) is 9.35. The van der Waals surface area contributed by atoms with E-state index in [1.54, 1.807) is 30.3 Å². The predicted molar refractivity (Wildman–Crippen MR) is 105 cm³/mol. The molecule has 2 aromatic rings. The fraction of sp³-hybridized carbons (Fsp3) is 0.429. The summed E-state index contributed by atoms with van der Waals surface area (Å²) in [4.78, 5) is 0. The lowest BCUT2D eigenvalue weighted by Crippen LogP contribution is -2.55. The molecule has 0 unspecified atom stereocenters. The van der Waals surface area contributed by atoms with E-state index in [0.717, 1.165) is 0 Å². The van der Waals surface area contributed by atoms with Crippen molar-refractivity contribution >= 4 is 11.6 Å². The molecule has 1 saturated heterocycles. The van der Waals surface area contributed by atoms with E-state index in [9.17, 15) is 24.8 Å². The number of hydrogen-bond acceptors (Lipinski definition) is 6. The van der Waals surface area contributed by atoms with E-state index < -0.39 is 42.9 Å². The minimum Gasteiger partial charge on any atom is -0.494 e. The minimum absolute atomic E-state index is 0.197. The highest BCUT2D eigenvalue weighted by atomic mass is 35.5. The molecule has 0 spiro atoms. The molecule has 1 aliphatic heterocycles. The maximum absolute atomic E-state index is 14.4. The summed E-state index contributed by atoms with van der Waals surface area (Å²) in [5.74, 6) is 0.0141. The topological polar surface area (TPSA) is 99.4 Å². The van der Waals surface area contributed by atoms with Crippen LogP contribution in [0.15, 0.2) is 36.4 Å². The van der Waals surface area contributed by atoms with Gasteiger partial charge in [0.2, 0.25) is 0 Å². The molecule has 0 amide bonds. The number of ether oxygens (including phenoxy) is 2. The molecule has 1 aliphatic rings. The van der Waals surface area contributed by atoms with Gasteiger partial charge in [-0.05, 0) is 35.7 Å². The summed E-state index contributed by atoms with van der Waals surface area (Å²) < 4.78 is 25.3. The molecule has 0 saturated carbocycles. The summed E-state index contributed by atoms with van der Waals surface area (Å²) in [5, 5.41) is 40.1. The molecule has 1 heterocycles. The molecule has 6 nitrogen and oxygen atoms in total. The van der Waals surface area contributed by atoms with Gasteiger partial charge in [-0.1, -0.05) is 29.8 Å². The molecule has 0 bridgehead atoms. The Balaban J connectivity index is 1.87. The number of halogens is 2. The molecule has 3 rings (SSSR count). The SMILES string of the molecule is CCOc1ccc(Cc2cc([C@@H]3O[C@H](CO)[C@@H](O)[C@H](O)[C@H]3O)ccc2Cl)c(F)c1. The van der Waals surface area contributed by atoms with Gasteiger partial charge >= 0.3 is 0 Å². The van der Waals surface area contributed by atoms with Crippen LogP contribution in [0.2, 0.25) is 5.02 Å². The summed E-state index contributed by atoms with van der Waals surface area (Å²) in [6.07, 6.45) is -6.11. The summed E-state index contributed by atoms with van der Waals surface area (Å²) in [5.41, 5.74) is 1.51. The average molecular weight is 427 g/mol. The third kappa shape index (κ3) is 4.71. The smallest absolute Gasteiger partial charge is 0.130 e. The third-order valence-electron chi connectivity index (χ3n) is 5.01. The van der Waals surface area contributed by atoms with Crippen molar-refractivity contribution in [2.45, 2.75) is 43.9 Å². The van der Waals surface area contributed by atoms with Gasteiger partial charge < -0.3 is 29.9 Å². The summed E-state index contributed by atoms with van der Waals surface area (Å²) in [6.45, 7) is 1.74. The van der Waals surface area contributed by atoms with Crippen molar-refractivity contribution in [2.24, 2.45) is 0 Å². The normalized spacial score (nSPS) is 27.1. The van der Waals surface area contributed by atoms with Crippen molar-refractivity contribution in [2.75, 3.05) is 13.2 Å². The van der Waals surface area contributed by atoms with Crippen LogP contribution in [0, 0.1) is 5.82 Å². The second-order valence-electron chi connectivity index (χ2n) is 6.96. The molecule has 29 heavy (non-hydrogen) atoms. The van der Waals surface area contributed by atoms with Crippen molar-refractivity contribution in [1.82, 2.24) is 0 Å². The molecule has 0 aromatic heterocycles. The number of benzene rings is 2. The van der Waals surface area contributed by atoms with Gasteiger partial charge in [-0.15, -0.1) is 0 Å². The van der Waals surface area contributed by atoms with E-state index in [0.29, 0.717) is 34.1 Å². The predicted octanol–water partition coefficient (Wildman–Crippen LogP) is 1.98. The van der Waals surface area contributed by atoms with E-state index in [4.69, 9.17) is 21.1 Å². The van der Waals surface area contributed by atoms with Crippen LogP contribution < -0.4 is 4.74 Å². The van der Waals surface area contributed by atoms with Gasteiger partial charge in [-0.2, -0.15) is 0 Å². The molecule has 0 aliphatic carbocycles. The van der Waals surface area contributed by atoms with E-state index in [2.05, 4.69) is 0 Å². The Kier molecular flexibility index (Phi) is 7.10. The molecule has 2 aromatic carbocycles. The lowest BCUT2D eigenvalue weighted by Gasteiger charge is -2.40. The van der Waals surface area contributed by atoms with Crippen molar-refractivity contribution in [1.29, 1.82) is 0 Å². The quantitative estimate of drug-likeness (QED) is 0.563. The highest BCUT2D eigenvalue weighted by Gasteiger charge is 2.44. The number of hydrogen-bond donors (Lipinski definition) is 4. The molecule has 8 heteroatoms. The van der Waals surface area contributed by atoms with Crippen LogP contribution in [0.4, 0.5) is 4.39 Å². The lowest BCUT2D eigenvalue weighted by molar-refractivity contribution is -0.231. The van der Waals surface area contributed by atoms with Crippen LogP contribution in [-0.4, -0.2) is 58.1 Å². The van der Waals surface area contributed by atoms with E-state index in [1.165, 1.54) is 6.07 Å². The minimum atomic E-state index is -1.48. The Labute approximate surface area is 173 Å². The van der Waals surface area contributed by atoms with Crippen LogP contribution in [0.1, 0.15) is 29.7 Å². The Morgan fingerprint density at radius 2 is 1.79 bits per heavy atom. The van der Waals surface area contributed by atoms with Gasteiger partial charge in [0.15, 0.2) is 0 Å². The standard InChI is InChI=1S/C21H24ClFO6/c1-2-28-14-5-3-11(16(23)9-14)7-13-8-12(4-6-15(13)22)21-20(27)19(26)18(25)17(10-24)29-21/h3-6,8-9,17-21,24-27H,2,7,10H2,1H3/t17-,18-,19+,20-,21+/m1/s1. The van der Waals surface area contributed by atoms with Gasteiger partial charge in [0.25, 0.3) is 0 Å². The van der Waals surface area contributed by atoms with Gasteiger partial charge in [-0.3, -0.25) is 0 Å². The molecule has 4 N–H and O–H groups in total. The second kappa shape index (κ2) is 9.38. The van der Waals surface area contributed by atoms with E-state index >= 15 is 0 Å². The molecule has 5 atom stereocenters. The highest BCUT2D eigenvalue weighted by molar-refractivity contribution is 6.31. The Morgan fingerprint density at radius 3 is 2.45 bits per heavy atom. The molecule has 158 valence electrons. The summed E-state index contributed by atoms with van der Waals surface area (Å²) >= 11 is 6.28. The van der Waals surface area contributed by atoms with Crippen LogP contribution in [0.25, 0.3) is 0 Å². The largest absolute Gasteiger partial charge is 0.494 e. The number of aliphatic hydroxyl groups excluding tert-OH is 4. The zero-order valence-electron chi connectivity index (χ0n) is 15.8. The third-order valence-corrected chi connectivity index (χ3v) is 5.38. The average Bonchev–Trinajstić information content (AvgIpc) is 2.70. The lowest BCUT2D eigenvalue weighted by atomic mass is 9.90. The van der Waals surface area contributed by atoms with Crippen molar-refractivity contribution in [3.63, 3.8) is 0 Å². The van der Waals surface area contributed by atoms with Crippen LogP contribution in [-0.2, 0) is 11.2 Å². The molecular formula is C21H24ClFO6. The van der Waals surface area contributed by atoms with E-state index in [-0.39, 0.29) is 6.42 Å². The van der Waals surface area contributed by atoms with Gasteiger partial charge in [0.05, 0.1) is 13.2 Å². The highest BCUT2D eigenvalue weighted by Crippen LogP contribution is 2.34. The van der Waals surface area contributed by atoms with Crippen LogP contribution >= 0.6 is 11.6 Å². The maximum Gasteiger partial charge on any atom is 0.130 e. The summed E-state index contributed by atoms with van der Waals surface area (Å²) in [7, 11) is 0. The Morgan fingerprint density at radius 1 is 1.03 bits per heavy atom. The fourth-order valence-corrected chi connectivity index (χ4v) is 3.60. The Bertz CT molecular complexity index is 846. The van der Waals surface area contributed by atoms with Crippen LogP contribution in [0.5, 0.6) is 5.75 Å². The zero-order valence-corrected chi connectivity index (χ0v) is 16.6. The first-order valence-corrected chi connectivity index (χ1v) is 9.73. The van der Waals surface area contributed by atoms with Crippen molar-refractivity contribution < 1.29 is 34.3 Å². The number of rotatable bonds is 6. The fourth-order valence-electron chi connectivity index (χ4n) is 3.42. The van der Waals surface area contributed by atoms with E-state index in [1.807, 2.05) is 6.92 Å². The first kappa shape index (κ1) is 22.0. The zero-order chi connectivity index (χ0) is 21.1. The number of aliphatic hydroxyl groups is 4. The van der Waals surface area contributed by atoms with Crippen molar-refractivity contribution in [3.05, 3.63) is 63.9 Å². The molecule has 0 radical (unpaired) electrons. The van der Waals surface area contributed by atoms with Gasteiger partial charge in [0.1, 0.15) is 42.1 Å².